The number of hydrogen-bond acceptors (Lipinski definition) is 6. The SMILES string of the molecule is CC(=O)N1CCc2c(sc(NC(=O)CSc3cccc(NC(=O)c4ccc5ccccc5c4)c3)c2C#N)C1. The summed E-state index contributed by atoms with van der Waals surface area (Å²) in [5.74, 6) is -0.279. The highest BCUT2D eigenvalue weighted by molar-refractivity contribution is 8.00. The summed E-state index contributed by atoms with van der Waals surface area (Å²) in [4.78, 5) is 40.8. The van der Waals surface area contributed by atoms with Gasteiger partial charge in [0, 0.05) is 34.5 Å². The molecule has 190 valence electrons. The van der Waals surface area contributed by atoms with Gasteiger partial charge >= 0.3 is 0 Å². The monoisotopic (exact) mass is 540 g/mol. The molecule has 3 amide bonds. The van der Waals surface area contributed by atoms with E-state index in [0.29, 0.717) is 41.3 Å². The van der Waals surface area contributed by atoms with Crippen LogP contribution < -0.4 is 10.6 Å². The number of nitriles is 1. The predicted octanol–water partition coefficient (Wildman–Crippen LogP) is 5.66. The molecule has 0 spiro atoms. The van der Waals surface area contributed by atoms with Crippen molar-refractivity contribution in [2.75, 3.05) is 22.9 Å². The number of amides is 3. The van der Waals surface area contributed by atoms with Gasteiger partial charge in [-0.2, -0.15) is 5.26 Å². The number of hydrogen-bond donors (Lipinski definition) is 2. The van der Waals surface area contributed by atoms with Crippen LogP contribution in [0.4, 0.5) is 10.7 Å². The lowest BCUT2D eigenvalue weighted by atomic mass is 10.0. The van der Waals surface area contributed by atoms with Crippen molar-refractivity contribution in [3.05, 3.63) is 88.3 Å². The van der Waals surface area contributed by atoms with Crippen LogP contribution in [0.15, 0.2) is 71.6 Å². The van der Waals surface area contributed by atoms with Crippen LogP contribution in [-0.2, 0) is 22.6 Å². The smallest absolute Gasteiger partial charge is 0.255 e. The average Bonchev–Trinajstić information content (AvgIpc) is 3.27. The Morgan fingerprint density at radius 2 is 1.84 bits per heavy atom. The van der Waals surface area contributed by atoms with E-state index in [2.05, 4.69) is 16.7 Å². The molecule has 9 heteroatoms. The molecule has 7 nitrogen and oxygen atoms in total. The Bertz CT molecular complexity index is 1610. The standard InChI is InChI=1S/C29H24N4O3S2/c1-18(34)33-12-11-24-25(15-30)29(38-26(24)16-33)32-27(35)17-37-23-8-4-7-22(14-23)31-28(36)21-10-9-19-5-2-3-6-20(19)13-21/h2-10,13-14H,11-12,16-17H2,1H3,(H,31,36)(H,32,35). The molecule has 0 unspecified atom stereocenters. The highest BCUT2D eigenvalue weighted by Gasteiger charge is 2.26. The number of carbonyl (C=O) groups is 3. The first kappa shape index (κ1) is 25.5. The van der Waals surface area contributed by atoms with Crippen molar-refractivity contribution in [2.45, 2.75) is 24.8 Å². The molecule has 2 N–H and O–H groups in total. The molecule has 3 aromatic carbocycles. The minimum atomic E-state index is -0.223. The summed E-state index contributed by atoms with van der Waals surface area (Å²) in [6, 6.07) is 23.0. The number of nitrogens with one attached hydrogen (secondary N) is 2. The summed E-state index contributed by atoms with van der Waals surface area (Å²) in [5, 5.41) is 18.1. The second-order valence-corrected chi connectivity index (χ2v) is 11.0. The molecule has 38 heavy (non-hydrogen) atoms. The largest absolute Gasteiger partial charge is 0.337 e. The summed E-state index contributed by atoms with van der Waals surface area (Å²) in [7, 11) is 0. The van der Waals surface area contributed by atoms with E-state index in [4.69, 9.17) is 0 Å². The number of anilines is 2. The Kier molecular flexibility index (Phi) is 7.45. The molecule has 2 heterocycles. The Morgan fingerprint density at radius 3 is 2.63 bits per heavy atom. The third-order valence-corrected chi connectivity index (χ3v) is 8.47. The third-order valence-electron chi connectivity index (χ3n) is 6.34. The molecule has 5 rings (SSSR count). The maximum atomic E-state index is 12.8. The summed E-state index contributed by atoms with van der Waals surface area (Å²) in [5.41, 5.74) is 2.62. The Labute approximate surface area is 228 Å². The van der Waals surface area contributed by atoms with E-state index >= 15 is 0 Å². The topological polar surface area (TPSA) is 102 Å². The van der Waals surface area contributed by atoms with Gasteiger partial charge in [0.05, 0.1) is 17.9 Å². The van der Waals surface area contributed by atoms with E-state index in [1.165, 1.54) is 30.0 Å². The van der Waals surface area contributed by atoms with E-state index in [9.17, 15) is 19.6 Å². The van der Waals surface area contributed by atoms with Crippen LogP contribution in [-0.4, -0.2) is 34.9 Å². The van der Waals surface area contributed by atoms with Crippen molar-refractivity contribution in [2.24, 2.45) is 0 Å². The van der Waals surface area contributed by atoms with Gasteiger partial charge in [-0.25, -0.2) is 0 Å². The summed E-state index contributed by atoms with van der Waals surface area (Å²) < 4.78 is 0. The molecule has 1 aliphatic heterocycles. The molecule has 0 atom stereocenters. The van der Waals surface area contributed by atoms with Crippen LogP contribution in [0.2, 0.25) is 0 Å². The lowest BCUT2D eigenvalue weighted by molar-refractivity contribution is -0.129. The summed E-state index contributed by atoms with van der Waals surface area (Å²) in [6.07, 6.45) is 0.608. The lowest BCUT2D eigenvalue weighted by Gasteiger charge is -2.25. The Balaban J connectivity index is 1.20. The Hall–Kier alpha value is -4.13. The van der Waals surface area contributed by atoms with E-state index in [0.717, 1.165) is 26.1 Å². The van der Waals surface area contributed by atoms with E-state index < -0.39 is 0 Å². The van der Waals surface area contributed by atoms with E-state index in [1.54, 1.807) is 11.0 Å². The van der Waals surface area contributed by atoms with Gasteiger partial charge in [-0.05, 0) is 53.1 Å². The van der Waals surface area contributed by atoms with Gasteiger partial charge in [0.2, 0.25) is 11.8 Å². The molecule has 1 aromatic heterocycles. The first-order chi connectivity index (χ1) is 18.4. The number of nitrogens with zero attached hydrogens (tertiary/aromatic N) is 2. The number of benzene rings is 3. The fraction of sp³-hybridized carbons (Fsp3) is 0.172. The molecule has 0 fully saturated rings. The van der Waals surface area contributed by atoms with Crippen molar-refractivity contribution >= 4 is 62.3 Å². The fourth-order valence-corrected chi connectivity index (χ4v) is 6.37. The molecule has 0 radical (unpaired) electrons. The molecule has 0 saturated heterocycles. The normalized spacial score (nSPS) is 12.5. The number of thiophene rings is 1. The van der Waals surface area contributed by atoms with Crippen LogP contribution in [0.25, 0.3) is 10.8 Å². The van der Waals surface area contributed by atoms with Crippen molar-refractivity contribution in [1.82, 2.24) is 4.90 Å². The zero-order chi connectivity index (χ0) is 26.6. The number of carbonyl (C=O) groups excluding carboxylic acids is 3. The summed E-state index contributed by atoms with van der Waals surface area (Å²) in [6.45, 7) is 2.57. The van der Waals surface area contributed by atoms with Crippen molar-refractivity contribution < 1.29 is 14.4 Å². The zero-order valence-electron chi connectivity index (χ0n) is 20.6. The number of thioether (sulfide) groups is 1. The lowest BCUT2D eigenvalue weighted by Crippen LogP contribution is -2.33. The van der Waals surface area contributed by atoms with Gasteiger partial charge in [-0.1, -0.05) is 36.4 Å². The zero-order valence-corrected chi connectivity index (χ0v) is 22.2. The average molecular weight is 541 g/mol. The van der Waals surface area contributed by atoms with Gasteiger partial charge in [0.25, 0.3) is 5.91 Å². The van der Waals surface area contributed by atoms with Gasteiger partial charge in [-0.3, -0.25) is 14.4 Å². The molecular weight excluding hydrogens is 516 g/mol. The summed E-state index contributed by atoms with van der Waals surface area (Å²) >= 11 is 2.71. The van der Waals surface area contributed by atoms with Gasteiger partial charge < -0.3 is 15.5 Å². The van der Waals surface area contributed by atoms with E-state index in [1.807, 2.05) is 60.7 Å². The molecule has 0 bridgehead atoms. The van der Waals surface area contributed by atoms with Crippen LogP contribution in [0, 0.1) is 11.3 Å². The number of rotatable bonds is 6. The second-order valence-electron chi connectivity index (χ2n) is 8.89. The maximum Gasteiger partial charge on any atom is 0.255 e. The van der Waals surface area contributed by atoms with E-state index in [-0.39, 0.29) is 23.5 Å². The maximum absolute atomic E-state index is 12.8. The van der Waals surface area contributed by atoms with Gasteiger partial charge in [0.1, 0.15) is 11.1 Å². The predicted molar refractivity (Wildman–Crippen MR) is 152 cm³/mol. The minimum absolute atomic E-state index is 0.000210. The Morgan fingerprint density at radius 1 is 1.03 bits per heavy atom. The van der Waals surface area contributed by atoms with Crippen LogP contribution in [0.3, 0.4) is 0 Å². The first-order valence-corrected chi connectivity index (χ1v) is 13.8. The third kappa shape index (κ3) is 5.57. The highest BCUT2D eigenvalue weighted by atomic mass is 32.2. The highest BCUT2D eigenvalue weighted by Crippen LogP contribution is 2.37. The van der Waals surface area contributed by atoms with Crippen LogP contribution in [0.1, 0.15) is 33.3 Å². The fourth-order valence-electron chi connectivity index (χ4n) is 4.39. The molecule has 0 saturated carbocycles. The van der Waals surface area contributed by atoms with Gasteiger partial charge in [-0.15, -0.1) is 23.1 Å². The van der Waals surface area contributed by atoms with Crippen molar-refractivity contribution in [3.8, 4) is 6.07 Å². The van der Waals surface area contributed by atoms with Crippen LogP contribution >= 0.6 is 23.1 Å². The molecule has 0 aliphatic carbocycles. The van der Waals surface area contributed by atoms with Gasteiger partial charge in [0.15, 0.2) is 0 Å². The first-order valence-electron chi connectivity index (χ1n) is 12.0. The van der Waals surface area contributed by atoms with Crippen molar-refractivity contribution in [3.63, 3.8) is 0 Å². The molecular formula is C29H24N4O3S2. The van der Waals surface area contributed by atoms with Crippen LogP contribution in [0.5, 0.6) is 0 Å². The molecule has 4 aromatic rings. The van der Waals surface area contributed by atoms with Crippen molar-refractivity contribution in [1.29, 1.82) is 5.26 Å². The quantitative estimate of drug-likeness (QED) is 0.307. The molecule has 1 aliphatic rings. The minimum Gasteiger partial charge on any atom is -0.337 e. The second kappa shape index (κ2) is 11.1. The number of fused-ring (bicyclic) bond motifs is 2.